The lowest BCUT2D eigenvalue weighted by Gasteiger charge is -2.16. The van der Waals surface area contributed by atoms with E-state index in [1.54, 1.807) is 12.1 Å². The van der Waals surface area contributed by atoms with Crippen molar-refractivity contribution in [2.24, 2.45) is 0 Å². The Balaban J connectivity index is 2.67. The monoisotopic (exact) mass is 314 g/mol. The van der Waals surface area contributed by atoms with Crippen LogP contribution in [0.2, 0.25) is 0 Å². The Bertz CT molecular complexity index is 368. The van der Waals surface area contributed by atoms with Gasteiger partial charge in [-0.15, -0.1) is 0 Å². The summed E-state index contributed by atoms with van der Waals surface area (Å²) in [5, 5.41) is 0. The maximum Gasteiger partial charge on any atom is 0.340 e. The van der Waals surface area contributed by atoms with Gasteiger partial charge in [-0.05, 0) is 24.6 Å². The summed E-state index contributed by atoms with van der Waals surface area (Å²) in [5.74, 6) is -3.98. The highest BCUT2D eigenvalue weighted by molar-refractivity contribution is 9.09. The van der Waals surface area contributed by atoms with Crippen LogP contribution in [0.5, 0.6) is 5.75 Å². The Morgan fingerprint density at radius 2 is 2.00 bits per heavy atom. The van der Waals surface area contributed by atoms with Gasteiger partial charge in [0.2, 0.25) is 0 Å². The minimum absolute atomic E-state index is 0.0293. The molecule has 96 valence electrons. The first-order chi connectivity index (χ1) is 7.83. The van der Waals surface area contributed by atoms with Gasteiger partial charge in [0.1, 0.15) is 5.75 Å². The van der Waals surface area contributed by atoms with Crippen LogP contribution in [0.25, 0.3) is 0 Å². The number of alkyl halides is 5. The molecule has 6 heteroatoms. The van der Waals surface area contributed by atoms with Crippen LogP contribution in [0.3, 0.4) is 0 Å². The first-order valence-electron chi connectivity index (χ1n) is 4.86. The lowest BCUT2D eigenvalue weighted by Crippen LogP contribution is -2.33. The molecule has 0 amide bonds. The van der Waals surface area contributed by atoms with Gasteiger partial charge in [-0.1, -0.05) is 28.1 Å². The molecule has 1 unspecified atom stereocenters. The molecule has 1 rings (SSSR count). The molecular weight excluding hydrogens is 304 g/mol. The molecule has 0 N–H and O–H groups in total. The predicted octanol–water partition coefficient (Wildman–Crippen LogP) is 4.42. The van der Waals surface area contributed by atoms with Crippen LogP contribution in [0.4, 0.5) is 17.6 Å². The summed E-state index contributed by atoms with van der Waals surface area (Å²) in [5.41, 5.74) is 0.822. The average Bonchev–Trinajstić information content (AvgIpc) is 2.26. The highest BCUT2D eigenvalue weighted by atomic mass is 79.9. The summed E-state index contributed by atoms with van der Waals surface area (Å²) in [6.45, 7) is 0.525. The van der Waals surface area contributed by atoms with Gasteiger partial charge in [0, 0.05) is 4.83 Å². The molecular formula is C11H11BrF4O. The molecule has 0 aliphatic rings. The van der Waals surface area contributed by atoms with E-state index in [1.807, 2.05) is 6.92 Å². The maximum absolute atomic E-state index is 12.6. The summed E-state index contributed by atoms with van der Waals surface area (Å²) in [6, 6.07) is 6.36. The molecule has 1 aromatic carbocycles. The second-order valence-corrected chi connectivity index (χ2v) is 4.91. The van der Waals surface area contributed by atoms with Crippen molar-refractivity contribution in [3.8, 4) is 5.75 Å². The highest BCUT2D eigenvalue weighted by Gasteiger charge is 2.41. The van der Waals surface area contributed by atoms with Crippen molar-refractivity contribution in [2.75, 3.05) is 6.61 Å². The van der Waals surface area contributed by atoms with Crippen LogP contribution >= 0.6 is 15.9 Å². The molecule has 0 bridgehead atoms. The molecule has 1 aromatic rings. The topological polar surface area (TPSA) is 9.23 Å². The van der Waals surface area contributed by atoms with Gasteiger partial charge < -0.3 is 4.74 Å². The highest BCUT2D eigenvalue weighted by Crippen LogP contribution is 2.27. The predicted molar refractivity (Wildman–Crippen MR) is 60.2 cm³/mol. The van der Waals surface area contributed by atoms with Gasteiger partial charge in [0.25, 0.3) is 0 Å². The summed E-state index contributed by atoms with van der Waals surface area (Å²) in [7, 11) is 0. The Morgan fingerprint density at radius 3 is 2.53 bits per heavy atom. The van der Waals surface area contributed by atoms with Crippen LogP contribution in [0, 0.1) is 0 Å². The summed E-state index contributed by atoms with van der Waals surface area (Å²) >= 11 is 3.31. The number of ether oxygens (including phenoxy) is 1. The van der Waals surface area contributed by atoms with E-state index in [1.165, 1.54) is 12.1 Å². The summed E-state index contributed by atoms with van der Waals surface area (Å²) in [4.78, 5) is 0.0293. The van der Waals surface area contributed by atoms with Crippen LogP contribution in [0.15, 0.2) is 24.3 Å². The van der Waals surface area contributed by atoms with E-state index in [0.717, 1.165) is 5.56 Å². The second kappa shape index (κ2) is 5.71. The molecule has 0 saturated heterocycles. The van der Waals surface area contributed by atoms with E-state index >= 15 is 0 Å². The Morgan fingerprint density at radius 1 is 1.35 bits per heavy atom. The molecule has 1 atom stereocenters. The smallest absolute Gasteiger partial charge is 0.340 e. The second-order valence-electron chi connectivity index (χ2n) is 3.54. The van der Waals surface area contributed by atoms with Gasteiger partial charge in [-0.25, -0.2) is 8.78 Å². The van der Waals surface area contributed by atoms with Crippen molar-refractivity contribution in [1.82, 2.24) is 0 Å². The number of halogens is 5. The van der Waals surface area contributed by atoms with E-state index in [2.05, 4.69) is 20.7 Å². The van der Waals surface area contributed by atoms with Crippen molar-refractivity contribution in [3.05, 3.63) is 29.8 Å². The Labute approximate surface area is 105 Å². The number of hydrogen-bond acceptors (Lipinski definition) is 1. The number of hydrogen-bond donors (Lipinski definition) is 0. The van der Waals surface area contributed by atoms with E-state index in [-0.39, 0.29) is 10.6 Å². The first-order valence-corrected chi connectivity index (χ1v) is 5.77. The van der Waals surface area contributed by atoms with Gasteiger partial charge in [-0.3, -0.25) is 0 Å². The fourth-order valence-electron chi connectivity index (χ4n) is 1.09. The zero-order valence-electron chi connectivity index (χ0n) is 8.97. The van der Waals surface area contributed by atoms with Crippen molar-refractivity contribution in [1.29, 1.82) is 0 Å². The first kappa shape index (κ1) is 14.3. The molecule has 0 saturated carbocycles. The van der Waals surface area contributed by atoms with Gasteiger partial charge in [0.05, 0.1) is 0 Å². The van der Waals surface area contributed by atoms with E-state index in [4.69, 9.17) is 0 Å². The third-order valence-electron chi connectivity index (χ3n) is 2.07. The SMILES string of the molecule is CC(Br)c1cccc(OCC(F)(F)C(F)F)c1. The van der Waals surface area contributed by atoms with Crippen molar-refractivity contribution >= 4 is 15.9 Å². The van der Waals surface area contributed by atoms with Crippen LogP contribution < -0.4 is 4.74 Å². The van der Waals surface area contributed by atoms with Crippen molar-refractivity contribution in [3.63, 3.8) is 0 Å². The molecule has 0 spiro atoms. The molecule has 0 fully saturated rings. The molecule has 17 heavy (non-hydrogen) atoms. The fourth-order valence-corrected chi connectivity index (χ4v) is 1.38. The number of rotatable bonds is 5. The third-order valence-corrected chi connectivity index (χ3v) is 2.60. The van der Waals surface area contributed by atoms with Gasteiger partial charge >= 0.3 is 12.3 Å². The summed E-state index contributed by atoms with van der Waals surface area (Å²) < 4.78 is 53.7. The molecule has 0 aliphatic carbocycles. The van der Waals surface area contributed by atoms with Crippen LogP contribution in [-0.2, 0) is 0 Å². The minimum Gasteiger partial charge on any atom is -0.487 e. The van der Waals surface area contributed by atoms with Gasteiger partial charge in [-0.2, -0.15) is 8.78 Å². The minimum atomic E-state index is -4.13. The summed E-state index contributed by atoms with van der Waals surface area (Å²) in [6.07, 6.45) is -3.72. The standard InChI is InChI=1S/C11H11BrF4O/c1-7(12)8-3-2-4-9(5-8)17-6-11(15,16)10(13)14/h2-5,7,10H,6H2,1H3. The van der Waals surface area contributed by atoms with Crippen molar-refractivity contribution < 1.29 is 22.3 Å². The molecule has 1 nitrogen and oxygen atoms in total. The van der Waals surface area contributed by atoms with Crippen LogP contribution in [-0.4, -0.2) is 19.0 Å². The van der Waals surface area contributed by atoms with E-state index in [0.29, 0.717) is 0 Å². The molecule has 0 aliphatic heterocycles. The normalized spacial score (nSPS) is 13.8. The Kier molecular flexibility index (Phi) is 4.80. The van der Waals surface area contributed by atoms with E-state index < -0.39 is 19.0 Å². The zero-order valence-corrected chi connectivity index (χ0v) is 10.6. The number of benzene rings is 1. The van der Waals surface area contributed by atoms with Crippen LogP contribution in [0.1, 0.15) is 17.3 Å². The Hall–Kier alpha value is -0.780. The third kappa shape index (κ3) is 4.18. The van der Waals surface area contributed by atoms with Gasteiger partial charge in [0.15, 0.2) is 6.61 Å². The van der Waals surface area contributed by atoms with Crippen molar-refractivity contribution in [2.45, 2.75) is 24.1 Å². The van der Waals surface area contributed by atoms with E-state index in [9.17, 15) is 17.6 Å². The molecule has 0 heterocycles. The molecule has 0 aromatic heterocycles. The molecule has 0 radical (unpaired) electrons. The lowest BCUT2D eigenvalue weighted by atomic mass is 10.2. The maximum atomic E-state index is 12.6. The fraction of sp³-hybridized carbons (Fsp3) is 0.455. The average molecular weight is 315 g/mol. The lowest BCUT2D eigenvalue weighted by molar-refractivity contribution is -0.148. The quantitative estimate of drug-likeness (QED) is 0.577. The largest absolute Gasteiger partial charge is 0.487 e. The zero-order chi connectivity index (χ0) is 13.1.